The van der Waals surface area contributed by atoms with Gasteiger partial charge in [0.1, 0.15) is 0 Å². The SMILES string of the molecule is C=C(CC)CCCCCCCC.C=CCCCCCCCCCC.CC=CCCCCCCCCC.CCCCCCCC=C(C)CC. The zero-order valence-electron chi connectivity index (χ0n) is 35.4. The van der Waals surface area contributed by atoms with Gasteiger partial charge >= 0.3 is 0 Å². The maximum absolute atomic E-state index is 4.01. The van der Waals surface area contributed by atoms with Crippen LogP contribution in [-0.4, -0.2) is 0 Å². The monoisotopic (exact) mass is 673 g/mol. The fourth-order valence-electron chi connectivity index (χ4n) is 5.38. The number of hydrogen-bond acceptors (Lipinski definition) is 0. The van der Waals surface area contributed by atoms with Gasteiger partial charge in [-0.15, -0.1) is 6.58 Å². The summed E-state index contributed by atoms with van der Waals surface area (Å²) in [4.78, 5) is 0. The summed E-state index contributed by atoms with van der Waals surface area (Å²) >= 11 is 0. The summed E-state index contributed by atoms with van der Waals surface area (Å²) in [5, 5.41) is 0. The van der Waals surface area contributed by atoms with E-state index in [0.29, 0.717) is 0 Å². The fraction of sp³-hybridized carbons (Fsp3) is 0.833. The number of allylic oxidation sites excluding steroid dienone is 6. The van der Waals surface area contributed by atoms with Crippen molar-refractivity contribution in [3.63, 3.8) is 0 Å². The van der Waals surface area contributed by atoms with Crippen LogP contribution in [0.5, 0.6) is 0 Å². The Morgan fingerprint density at radius 3 is 1.15 bits per heavy atom. The molecular formula is C48H96. The van der Waals surface area contributed by atoms with Crippen molar-refractivity contribution in [2.24, 2.45) is 0 Å². The predicted molar refractivity (Wildman–Crippen MR) is 230 cm³/mol. The minimum Gasteiger partial charge on any atom is -0.103 e. The minimum atomic E-state index is 1.16. The molecule has 0 rings (SSSR count). The van der Waals surface area contributed by atoms with Crippen molar-refractivity contribution < 1.29 is 0 Å². The first kappa shape index (κ1) is 53.7. The molecule has 0 aliphatic carbocycles. The lowest BCUT2D eigenvalue weighted by atomic mass is 10.1. The van der Waals surface area contributed by atoms with Crippen molar-refractivity contribution in [2.75, 3.05) is 0 Å². The summed E-state index contributed by atoms with van der Waals surface area (Å²) in [7, 11) is 0. The van der Waals surface area contributed by atoms with Gasteiger partial charge in [0.05, 0.1) is 0 Å². The second-order valence-corrected chi connectivity index (χ2v) is 14.3. The largest absolute Gasteiger partial charge is 0.103 e. The lowest BCUT2D eigenvalue weighted by Crippen LogP contribution is -1.81. The Labute approximate surface area is 308 Å². The zero-order valence-corrected chi connectivity index (χ0v) is 35.4. The highest BCUT2D eigenvalue weighted by molar-refractivity contribution is 4.96. The van der Waals surface area contributed by atoms with Crippen LogP contribution in [0.3, 0.4) is 0 Å². The molecule has 0 radical (unpaired) electrons. The predicted octanol–water partition coefficient (Wildman–Crippen LogP) is 18.8. The molecule has 0 spiro atoms. The third kappa shape index (κ3) is 63.6. The van der Waals surface area contributed by atoms with Gasteiger partial charge in [0.25, 0.3) is 0 Å². The topological polar surface area (TPSA) is 0 Å². The van der Waals surface area contributed by atoms with Crippen LogP contribution >= 0.6 is 0 Å². The average molecular weight is 673 g/mol. The maximum Gasteiger partial charge on any atom is -0.0323 e. The van der Waals surface area contributed by atoms with Crippen LogP contribution in [0.1, 0.15) is 261 Å². The molecule has 0 atom stereocenters. The van der Waals surface area contributed by atoms with Crippen LogP contribution in [0.2, 0.25) is 0 Å². The summed E-state index contributed by atoms with van der Waals surface area (Å²) in [6, 6.07) is 0. The molecule has 0 N–H and O–H groups in total. The second kappa shape index (κ2) is 55.4. The van der Waals surface area contributed by atoms with E-state index in [2.05, 4.69) is 86.8 Å². The summed E-state index contributed by atoms with van der Waals surface area (Å²) in [5.74, 6) is 0. The Morgan fingerprint density at radius 2 is 0.792 bits per heavy atom. The molecule has 0 aromatic heterocycles. The second-order valence-electron chi connectivity index (χ2n) is 14.3. The van der Waals surface area contributed by atoms with Crippen molar-refractivity contribution in [1.82, 2.24) is 0 Å². The summed E-state index contributed by atoms with van der Waals surface area (Å²) < 4.78 is 0. The molecule has 0 heteroatoms. The van der Waals surface area contributed by atoms with Crippen LogP contribution in [0.4, 0.5) is 0 Å². The summed E-state index contributed by atoms with van der Waals surface area (Å²) in [6.07, 6.45) is 52.8. The molecule has 0 amide bonds. The van der Waals surface area contributed by atoms with Gasteiger partial charge in [-0.1, -0.05) is 225 Å². The minimum absolute atomic E-state index is 1.16. The molecule has 0 aliphatic rings. The molecule has 0 heterocycles. The van der Waals surface area contributed by atoms with Gasteiger partial charge in [-0.25, -0.2) is 0 Å². The van der Waals surface area contributed by atoms with Crippen molar-refractivity contribution >= 4 is 0 Å². The van der Waals surface area contributed by atoms with Crippen LogP contribution < -0.4 is 0 Å². The molecule has 288 valence electrons. The Balaban J connectivity index is -0.000000269. The molecule has 0 unspecified atom stereocenters. The van der Waals surface area contributed by atoms with E-state index in [0.717, 1.165) is 6.42 Å². The Morgan fingerprint density at radius 1 is 0.438 bits per heavy atom. The van der Waals surface area contributed by atoms with Gasteiger partial charge < -0.3 is 0 Å². The highest BCUT2D eigenvalue weighted by Crippen LogP contribution is 2.13. The van der Waals surface area contributed by atoms with Gasteiger partial charge in [-0.3, -0.25) is 0 Å². The third-order valence-corrected chi connectivity index (χ3v) is 9.21. The lowest BCUT2D eigenvalue weighted by Gasteiger charge is -2.01. The molecule has 0 saturated heterocycles. The molecule has 0 saturated carbocycles. The van der Waals surface area contributed by atoms with Crippen LogP contribution in [0.15, 0.2) is 48.6 Å². The number of unbranched alkanes of at least 4 members (excludes halogenated alkanes) is 25. The van der Waals surface area contributed by atoms with E-state index in [1.165, 1.54) is 205 Å². The van der Waals surface area contributed by atoms with E-state index in [4.69, 9.17) is 0 Å². The van der Waals surface area contributed by atoms with E-state index in [1.54, 1.807) is 5.57 Å². The number of hydrogen-bond donors (Lipinski definition) is 0. The standard InChI is InChI=1S/4C12H24/c2*1-4-6-7-8-9-10-11-12(3)5-2;2*1-3-5-7-9-11-12-10-8-6-4-2/h11H,4-10H2,1-3H3;3-11H2,1-2H3;3,5H,4,6-12H2,1-2H3;3H,1,4-12H2,2H3. The van der Waals surface area contributed by atoms with Crippen LogP contribution in [0.25, 0.3) is 0 Å². The van der Waals surface area contributed by atoms with Crippen molar-refractivity contribution in [3.8, 4) is 0 Å². The van der Waals surface area contributed by atoms with Crippen molar-refractivity contribution in [3.05, 3.63) is 48.6 Å². The molecule has 0 aromatic rings. The van der Waals surface area contributed by atoms with E-state index < -0.39 is 0 Å². The molecule has 48 heavy (non-hydrogen) atoms. The summed E-state index contributed by atoms with van der Waals surface area (Å²) in [6.45, 7) is 25.5. The van der Waals surface area contributed by atoms with E-state index >= 15 is 0 Å². The van der Waals surface area contributed by atoms with Gasteiger partial charge in [0, 0.05) is 0 Å². The van der Waals surface area contributed by atoms with E-state index in [9.17, 15) is 0 Å². The Kier molecular flexibility index (Phi) is 62.0. The first-order chi connectivity index (χ1) is 23.4. The van der Waals surface area contributed by atoms with Gasteiger partial charge in [-0.2, -0.15) is 0 Å². The fourth-order valence-corrected chi connectivity index (χ4v) is 5.38. The Hall–Kier alpha value is -1.04. The maximum atomic E-state index is 4.01. The molecule has 0 aliphatic heterocycles. The van der Waals surface area contributed by atoms with Gasteiger partial charge in [-0.05, 0) is 78.1 Å². The smallest absolute Gasteiger partial charge is 0.0323 e. The zero-order chi connectivity index (χ0) is 36.6. The Bertz CT molecular complexity index is 606. The molecular weight excluding hydrogens is 577 g/mol. The van der Waals surface area contributed by atoms with E-state index in [1.807, 2.05) is 6.08 Å². The first-order valence-corrected chi connectivity index (χ1v) is 22.0. The molecule has 0 bridgehead atoms. The van der Waals surface area contributed by atoms with Crippen LogP contribution in [-0.2, 0) is 0 Å². The van der Waals surface area contributed by atoms with Gasteiger partial charge in [0.2, 0.25) is 0 Å². The quantitative estimate of drug-likeness (QED) is 0.0493. The number of rotatable bonds is 32. The van der Waals surface area contributed by atoms with Crippen molar-refractivity contribution in [1.29, 1.82) is 0 Å². The molecule has 0 fully saturated rings. The third-order valence-electron chi connectivity index (χ3n) is 9.21. The average Bonchev–Trinajstić information content (AvgIpc) is 3.10. The van der Waals surface area contributed by atoms with Crippen LogP contribution in [0, 0.1) is 0 Å². The molecule has 0 aromatic carbocycles. The molecule has 0 nitrogen and oxygen atoms in total. The highest BCUT2D eigenvalue weighted by Gasteiger charge is 1.93. The van der Waals surface area contributed by atoms with E-state index in [-0.39, 0.29) is 0 Å². The first-order valence-electron chi connectivity index (χ1n) is 22.0. The summed E-state index contributed by atoms with van der Waals surface area (Å²) in [5.41, 5.74) is 2.97. The van der Waals surface area contributed by atoms with Crippen molar-refractivity contribution in [2.45, 2.75) is 261 Å². The lowest BCUT2D eigenvalue weighted by molar-refractivity contribution is 0.578. The highest BCUT2D eigenvalue weighted by atomic mass is 14.0. The van der Waals surface area contributed by atoms with Gasteiger partial charge in [0.15, 0.2) is 0 Å². The normalized spacial score (nSPS) is 10.9.